The van der Waals surface area contributed by atoms with Crippen LogP contribution in [0.15, 0.2) is 18.2 Å². The Bertz CT molecular complexity index is 632. The van der Waals surface area contributed by atoms with Gasteiger partial charge < -0.3 is 5.32 Å². The molecule has 124 valence electrons. The number of halogens is 1. The molecule has 0 saturated heterocycles. The fourth-order valence-electron chi connectivity index (χ4n) is 2.07. The van der Waals surface area contributed by atoms with Gasteiger partial charge in [0, 0.05) is 29.7 Å². The average Bonchev–Trinajstić information content (AvgIpc) is 2.41. The molecular formula is C15H23ClN2O3S. The topological polar surface area (TPSA) is 66.5 Å². The second-order valence-corrected chi connectivity index (χ2v) is 7.76. The zero-order valence-corrected chi connectivity index (χ0v) is 15.0. The molecule has 0 aromatic heterocycles. The Kier molecular flexibility index (Phi) is 6.84. The molecule has 0 aliphatic carbocycles. The van der Waals surface area contributed by atoms with Gasteiger partial charge in [-0.3, -0.25) is 4.79 Å². The van der Waals surface area contributed by atoms with Crippen molar-refractivity contribution in [1.29, 1.82) is 0 Å². The van der Waals surface area contributed by atoms with E-state index in [9.17, 15) is 13.2 Å². The van der Waals surface area contributed by atoms with E-state index in [1.807, 2.05) is 26.8 Å². The summed E-state index contributed by atoms with van der Waals surface area (Å²) in [6, 6.07) is 5.12. The standard InChI is InChI=1S/C15H23ClN2O3S/c1-5-12(3)18(22(4,20)21)9-8-15(19)17-14-10-13(16)7-6-11(14)2/h6-7,10,12H,5,8-9H2,1-4H3,(H,17,19). The predicted octanol–water partition coefficient (Wildman–Crippen LogP) is 3.04. The van der Waals surface area contributed by atoms with Crippen molar-refractivity contribution in [2.24, 2.45) is 0 Å². The van der Waals surface area contributed by atoms with Gasteiger partial charge in [-0.05, 0) is 38.0 Å². The van der Waals surface area contributed by atoms with Gasteiger partial charge in [-0.15, -0.1) is 0 Å². The Morgan fingerprint density at radius 3 is 2.59 bits per heavy atom. The fourth-order valence-corrected chi connectivity index (χ4v) is 3.47. The normalized spacial score (nSPS) is 13.2. The molecule has 0 fully saturated rings. The summed E-state index contributed by atoms with van der Waals surface area (Å²) in [5.74, 6) is -0.234. The Hall–Kier alpha value is -1.11. The fraction of sp³-hybridized carbons (Fsp3) is 0.533. The molecule has 7 heteroatoms. The number of aryl methyl sites for hydroxylation is 1. The summed E-state index contributed by atoms with van der Waals surface area (Å²) in [4.78, 5) is 12.0. The maximum Gasteiger partial charge on any atom is 0.225 e. The molecule has 1 rings (SSSR count). The first-order valence-electron chi connectivity index (χ1n) is 7.18. The highest BCUT2D eigenvalue weighted by atomic mass is 35.5. The van der Waals surface area contributed by atoms with Gasteiger partial charge in [0.2, 0.25) is 15.9 Å². The van der Waals surface area contributed by atoms with E-state index in [0.717, 1.165) is 11.8 Å². The van der Waals surface area contributed by atoms with Crippen molar-refractivity contribution in [3.05, 3.63) is 28.8 Å². The van der Waals surface area contributed by atoms with Crippen LogP contribution in [-0.4, -0.2) is 37.5 Å². The van der Waals surface area contributed by atoms with Gasteiger partial charge in [-0.25, -0.2) is 8.42 Å². The predicted molar refractivity (Wildman–Crippen MR) is 90.7 cm³/mol. The highest BCUT2D eigenvalue weighted by molar-refractivity contribution is 7.88. The monoisotopic (exact) mass is 346 g/mol. The van der Waals surface area contributed by atoms with Gasteiger partial charge in [-0.2, -0.15) is 4.31 Å². The smallest absolute Gasteiger partial charge is 0.225 e. The lowest BCUT2D eigenvalue weighted by molar-refractivity contribution is -0.116. The number of rotatable bonds is 7. The van der Waals surface area contributed by atoms with Crippen LogP contribution in [0.4, 0.5) is 5.69 Å². The van der Waals surface area contributed by atoms with Crippen LogP contribution in [0.2, 0.25) is 5.02 Å². The van der Waals surface area contributed by atoms with E-state index < -0.39 is 10.0 Å². The van der Waals surface area contributed by atoms with Crippen LogP contribution in [0.5, 0.6) is 0 Å². The van der Waals surface area contributed by atoms with Crippen LogP contribution < -0.4 is 5.32 Å². The van der Waals surface area contributed by atoms with Gasteiger partial charge >= 0.3 is 0 Å². The third-order valence-corrected chi connectivity index (χ3v) is 5.17. The summed E-state index contributed by atoms with van der Waals surface area (Å²) >= 11 is 5.91. The SMILES string of the molecule is CCC(C)N(CCC(=O)Nc1cc(Cl)ccc1C)S(C)(=O)=O. The lowest BCUT2D eigenvalue weighted by Crippen LogP contribution is -2.39. The minimum absolute atomic E-state index is 0.101. The molecule has 0 spiro atoms. The summed E-state index contributed by atoms with van der Waals surface area (Å²) in [5.41, 5.74) is 1.55. The van der Waals surface area contributed by atoms with Gasteiger partial charge in [-0.1, -0.05) is 24.6 Å². The second-order valence-electron chi connectivity index (χ2n) is 5.39. The molecular weight excluding hydrogens is 324 g/mol. The van der Waals surface area contributed by atoms with Crippen LogP contribution in [0.1, 0.15) is 32.3 Å². The van der Waals surface area contributed by atoms with Crippen LogP contribution in [-0.2, 0) is 14.8 Å². The zero-order valence-electron chi connectivity index (χ0n) is 13.4. The number of nitrogens with zero attached hydrogens (tertiary/aromatic N) is 1. The van der Waals surface area contributed by atoms with E-state index in [0.29, 0.717) is 17.1 Å². The molecule has 1 amide bonds. The number of carbonyl (C=O) groups excluding carboxylic acids is 1. The Balaban J connectivity index is 2.70. The molecule has 0 radical (unpaired) electrons. The van der Waals surface area contributed by atoms with E-state index in [1.165, 1.54) is 4.31 Å². The maximum atomic E-state index is 12.0. The van der Waals surface area contributed by atoms with Crippen molar-refractivity contribution in [2.75, 3.05) is 18.1 Å². The molecule has 1 unspecified atom stereocenters. The van der Waals surface area contributed by atoms with Crippen LogP contribution in [0.3, 0.4) is 0 Å². The number of nitrogens with one attached hydrogen (secondary N) is 1. The molecule has 0 aliphatic heterocycles. The molecule has 1 aromatic carbocycles. The van der Waals surface area contributed by atoms with Gasteiger partial charge in [0.25, 0.3) is 0 Å². The summed E-state index contributed by atoms with van der Waals surface area (Å²) < 4.78 is 24.9. The number of hydrogen-bond donors (Lipinski definition) is 1. The Morgan fingerprint density at radius 2 is 2.05 bits per heavy atom. The van der Waals surface area contributed by atoms with Gasteiger partial charge in [0.05, 0.1) is 6.26 Å². The molecule has 0 bridgehead atoms. The molecule has 5 nitrogen and oxygen atoms in total. The molecule has 22 heavy (non-hydrogen) atoms. The van der Waals surface area contributed by atoms with Crippen LogP contribution >= 0.6 is 11.6 Å². The average molecular weight is 347 g/mol. The lowest BCUT2D eigenvalue weighted by Gasteiger charge is -2.25. The maximum absolute atomic E-state index is 12.0. The van der Waals surface area contributed by atoms with Crippen LogP contribution in [0, 0.1) is 6.92 Å². The number of anilines is 1. The van der Waals surface area contributed by atoms with Crippen molar-refractivity contribution in [3.8, 4) is 0 Å². The van der Waals surface area contributed by atoms with Crippen molar-refractivity contribution in [3.63, 3.8) is 0 Å². The van der Waals surface area contributed by atoms with Crippen molar-refractivity contribution >= 4 is 33.2 Å². The number of benzene rings is 1. The van der Waals surface area contributed by atoms with E-state index >= 15 is 0 Å². The molecule has 1 aromatic rings. The first kappa shape index (κ1) is 18.9. The second kappa shape index (κ2) is 7.94. The highest BCUT2D eigenvalue weighted by Crippen LogP contribution is 2.20. The number of sulfonamides is 1. The number of hydrogen-bond acceptors (Lipinski definition) is 3. The van der Waals surface area contributed by atoms with E-state index in [2.05, 4.69) is 5.32 Å². The quantitative estimate of drug-likeness (QED) is 0.825. The molecule has 1 N–H and O–H groups in total. The molecule has 0 aliphatic rings. The van der Waals surface area contributed by atoms with Gasteiger partial charge in [0.15, 0.2) is 0 Å². The van der Waals surface area contributed by atoms with Crippen LogP contribution in [0.25, 0.3) is 0 Å². The van der Waals surface area contributed by atoms with Gasteiger partial charge in [0.1, 0.15) is 0 Å². The molecule has 0 saturated carbocycles. The highest BCUT2D eigenvalue weighted by Gasteiger charge is 2.22. The summed E-state index contributed by atoms with van der Waals surface area (Å²) in [7, 11) is -3.33. The van der Waals surface area contributed by atoms with Crippen molar-refractivity contribution in [2.45, 2.75) is 39.7 Å². The minimum atomic E-state index is -3.33. The van der Waals surface area contributed by atoms with E-state index in [4.69, 9.17) is 11.6 Å². The summed E-state index contributed by atoms with van der Waals surface area (Å²) in [6.45, 7) is 5.78. The van der Waals surface area contributed by atoms with E-state index in [-0.39, 0.29) is 24.9 Å². The number of carbonyl (C=O) groups is 1. The van der Waals surface area contributed by atoms with Crippen molar-refractivity contribution < 1.29 is 13.2 Å². The third kappa shape index (κ3) is 5.59. The van der Waals surface area contributed by atoms with E-state index in [1.54, 1.807) is 12.1 Å². The number of amides is 1. The Morgan fingerprint density at radius 1 is 1.41 bits per heavy atom. The first-order chi connectivity index (χ1) is 10.1. The third-order valence-electron chi connectivity index (χ3n) is 3.54. The minimum Gasteiger partial charge on any atom is -0.326 e. The first-order valence-corrected chi connectivity index (χ1v) is 9.40. The molecule has 0 heterocycles. The Labute approximate surface area is 137 Å². The largest absolute Gasteiger partial charge is 0.326 e. The summed E-state index contributed by atoms with van der Waals surface area (Å²) in [5, 5.41) is 3.31. The summed E-state index contributed by atoms with van der Waals surface area (Å²) in [6.07, 6.45) is 1.96. The zero-order chi connectivity index (χ0) is 16.9. The van der Waals surface area contributed by atoms with Crippen molar-refractivity contribution in [1.82, 2.24) is 4.31 Å². The molecule has 1 atom stereocenters. The lowest BCUT2D eigenvalue weighted by atomic mass is 10.2.